The second kappa shape index (κ2) is 7.64. The number of aryl methyl sites for hydroxylation is 1. The van der Waals surface area contributed by atoms with E-state index in [1.165, 1.54) is 16.9 Å². The first-order valence-electron chi connectivity index (χ1n) is 10.0. The summed E-state index contributed by atoms with van der Waals surface area (Å²) in [5, 5.41) is 13.4. The van der Waals surface area contributed by atoms with Gasteiger partial charge in [-0.2, -0.15) is 5.10 Å². The number of pyridine rings is 1. The lowest BCUT2D eigenvalue weighted by Gasteiger charge is -2.28. The number of anilines is 1. The first-order chi connectivity index (χ1) is 14.2. The minimum atomic E-state index is -1.08. The number of nitrogens with zero attached hydrogens (tertiary/aromatic N) is 5. The van der Waals surface area contributed by atoms with Crippen molar-refractivity contribution >= 4 is 17.4 Å². The van der Waals surface area contributed by atoms with Crippen LogP contribution < -0.4 is 10.6 Å². The summed E-state index contributed by atoms with van der Waals surface area (Å²) in [5.74, 6) is -0.809. The Kier molecular flexibility index (Phi) is 5.15. The van der Waals surface area contributed by atoms with Gasteiger partial charge in [0.05, 0.1) is 18.4 Å². The minimum Gasteiger partial charge on any atom is -0.477 e. The van der Waals surface area contributed by atoms with Gasteiger partial charge in [-0.15, -0.1) is 0 Å². The van der Waals surface area contributed by atoms with E-state index in [4.69, 9.17) is 5.73 Å². The molecule has 0 unspecified atom stereocenters. The SMILES string of the molecule is CC(C)(N)CCc1ncc(F)cc1[C@H]1CCCN1c1ccn2ncc(C(=O)O)c2n1. The molecule has 0 bridgehead atoms. The number of rotatable bonds is 6. The van der Waals surface area contributed by atoms with E-state index < -0.39 is 5.97 Å². The number of carbonyl (C=O) groups is 1. The summed E-state index contributed by atoms with van der Waals surface area (Å²) in [6.07, 6.45) is 7.37. The molecule has 0 spiro atoms. The van der Waals surface area contributed by atoms with Crippen LogP contribution >= 0.6 is 0 Å². The monoisotopic (exact) mass is 412 g/mol. The van der Waals surface area contributed by atoms with E-state index in [1.807, 2.05) is 13.8 Å². The molecule has 158 valence electrons. The first-order valence-corrected chi connectivity index (χ1v) is 10.0. The first kappa shape index (κ1) is 20.2. The van der Waals surface area contributed by atoms with Crippen LogP contribution in [0.15, 0.2) is 30.7 Å². The van der Waals surface area contributed by atoms with Crippen LogP contribution in [0.1, 0.15) is 60.8 Å². The summed E-state index contributed by atoms with van der Waals surface area (Å²) in [7, 11) is 0. The van der Waals surface area contributed by atoms with E-state index in [0.29, 0.717) is 12.2 Å². The average molecular weight is 412 g/mol. The van der Waals surface area contributed by atoms with Gasteiger partial charge >= 0.3 is 5.97 Å². The van der Waals surface area contributed by atoms with Crippen molar-refractivity contribution in [3.8, 4) is 0 Å². The Morgan fingerprint density at radius 3 is 2.93 bits per heavy atom. The summed E-state index contributed by atoms with van der Waals surface area (Å²) >= 11 is 0. The van der Waals surface area contributed by atoms with Crippen LogP contribution in [-0.2, 0) is 6.42 Å². The van der Waals surface area contributed by atoms with Crippen LogP contribution in [-0.4, -0.2) is 42.7 Å². The summed E-state index contributed by atoms with van der Waals surface area (Å²) in [6, 6.07) is 3.27. The molecule has 1 atom stereocenters. The van der Waals surface area contributed by atoms with Crippen LogP contribution in [0.4, 0.5) is 10.2 Å². The van der Waals surface area contributed by atoms with Crippen LogP contribution in [0.3, 0.4) is 0 Å². The fourth-order valence-electron chi connectivity index (χ4n) is 3.96. The molecule has 0 aromatic carbocycles. The zero-order chi connectivity index (χ0) is 21.5. The number of aromatic carboxylic acids is 1. The van der Waals surface area contributed by atoms with E-state index >= 15 is 0 Å². The number of hydrogen-bond acceptors (Lipinski definition) is 6. The molecule has 9 heteroatoms. The molecule has 4 heterocycles. The summed E-state index contributed by atoms with van der Waals surface area (Å²) in [6.45, 7) is 4.66. The fourth-order valence-corrected chi connectivity index (χ4v) is 3.96. The van der Waals surface area contributed by atoms with Crippen molar-refractivity contribution in [1.29, 1.82) is 0 Å². The minimum absolute atomic E-state index is 0.0471. The van der Waals surface area contributed by atoms with Crippen LogP contribution in [0.2, 0.25) is 0 Å². The van der Waals surface area contributed by atoms with E-state index in [-0.39, 0.29) is 28.6 Å². The Morgan fingerprint density at radius 2 is 2.20 bits per heavy atom. The molecular formula is C21H25FN6O2. The number of aromatic nitrogens is 4. The molecule has 3 aromatic rings. The van der Waals surface area contributed by atoms with Crippen LogP contribution in [0.5, 0.6) is 0 Å². The van der Waals surface area contributed by atoms with E-state index in [0.717, 1.165) is 37.1 Å². The number of fused-ring (bicyclic) bond motifs is 1. The van der Waals surface area contributed by atoms with Crippen molar-refractivity contribution < 1.29 is 14.3 Å². The van der Waals surface area contributed by atoms with Gasteiger partial charge in [-0.3, -0.25) is 4.98 Å². The van der Waals surface area contributed by atoms with Gasteiger partial charge in [-0.25, -0.2) is 18.7 Å². The zero-order valence-electron chi connectivity index (χ0n) is 17.0. The highest BCUT2D eigenvalue weighted by Crippen LogP contribution is 2.37. The molecule has 0 saturated carbocycles. The van der Waals surface area contributed by atoms with E-state index in [2.05, 4.69) is 20.0 Å². The zero-order valence-corrected chi connectivity index (χ0v) is 17.0. The molecule has 0 aliphatic carbocycles. The topological polar surface area (TPSA) is 110 Å². The molecule has 3 N–H and O–H groups in total. The lowest BCUT2D eigenvalue weighted by Crippen LogP contribution is -2.32. The Balaban J connectivity index is 1.71. The van der Waals surface area contributed by atoms with Crippen molar-refractivity contribution in [2.75, 3.05) is 11.4 Å². The normalized spacial score (nSPS) is 17.1. The molecule has 0 radical (unpaired) electrons. The largest absolute Gasteiger partial charge is 0.477 e. The molecule has 0 amide bonds. The van der Waals surface area contributed by atoms with Crippen molar-refractivity contribution in [3.63, 3.8) is 0 Å². The molecule has 1 fully saturated rings. The number of halogens is 1. The maximum atomic E-state index is 14.1. The maximum Gasteiger partial charge on any atom is 0.341 e. The third-order valence-electron chi connectivity index (χ3n) is 5.47. The van der Waals surface area contributed by atoms with Gasteiger partial charge in [-0.05, 0) is 57.2 Å². The van der Waals surface area contributed by atoms with Gasteiger partial charge in [-0.1, -0.05) is 0 Å². The third kappa shape index (κ3) is 3.97. The van der Waals surface area contributed by atoms with Crippen LogP contribution in [0.25, 0.3) is 5.65 Å². The van der Waals surface area contributed by atoms with Crippen molar-refractivity contribution in [3.05, 3.63) is 53.4 Å². The smallest absolute Gasteiger partial charge is 0.341 e. The van der Waals surface area contributed by atoms with Gasteiger partial charge in [0, 0.05) is 24.0 Å². The lowest BCUT2D eigenvalue weighted by atomic mass is 9.94. The molecule has 4 rings (SSSR count). The summed E-state index contributed by atoms with van der Waals surface area (Å²) in [5.41, 5.74) is 7.80. The second-order valence-corrected chi connectivity index (χ2v) is 8.45. The Labute approximate surface area is 173 Å². The standard InChI is InChI=1S/C21H25FN6O2/c1-21(2,23)7-5-16-14(10-13(22)11-24-16)17-4-3-8-27(17)18-6-9-28-19(26-18)15(12-25-28)20(29)30/h6,9-12,17H,3-5,7-8,23H2,1-2H3,(H,29,30)/t17-/m1/s1. The van der Waals surface area contributed by atoms with Crippen molar-refractivity contribution in [2.24, 2.45) is 5.73 Å². The van der Waals surface area contributed by atoms with Gasteiger partial charge in [0.15, 0.2) is 5.65 Å². The predicted molar refractivity (Wildman–Crippen MR) is 110 cm³/mol. The molecular weight excluding hydrogens is 387 g/mol. The highest BCUT2D eigenvalue weighted by atomic mass is 19.1. The van der Waals surface area contributed by atoms with Gasteiger partial charge in [0.2, 0.25) is 0 Å². The highest BCUT2D eigenvalue weighted by Gasteiger charge is 2.30. The number of carboxylic acids is 1. The van der Waals surface area contributed by atoms with Gasteiger partial charge in [0.25, 0.3) is 0 Å². The van der Waals surface area contributed by atoms with Gasteiger partial charge in [0.1, 0.15) is 17.2 Å². The third-order valence-corrected chi connectivity index (χ3v) is 5.47. The van der Waals surface area contributed by atoms with E-state index in [1.54, 1.807) is 18.3 Å². The Hall–Kier alpha value is -3.07. The molecule has 3 aromatic heterocycles. The molecule has 1 aliphatic rings. The van der Waals surface area contributed by atoms with Crippen molar-refractivity contribution in [2.45, 2.75) is 51.1 Å². The molecule has 8 nitrogen and oxygen atoms in total. The highest BCUT2D eigenvalue weighted by molar-refractivity contribution is 5.94. The Morgan fingerprint density at radius 1 is 1.40 bits per heavy atom. The fraction of sp³-hybridized carbons (Fsp3) is 0.429. The maximum absolute atomic E-state index is 14.1. The summed E-state index contributed by atoms with van der Waals surface area (Å²) in [4.78, 5) is 22.5. The summed E-state index contributed by atoms with van der Waals surface area (Å²) < 4.78 is 15.6. The average Bonchev–Trinajstić information content (AvgIpc) is 3.32. The lowest BCUT2D eigenvalue weighted by molar-refractivity contribution is 0.0698. The molecule has 1 aliphatic heterocycles. The van der Waals surface area contributed by atoms with Crippen molar-refractivity contribution in [1.82, 2.24) is 19.6 Å². The van der Waals surface area contributed by atoms with Gasteiger partial charge < -0.3 is 15.7 Å². The number of hydrogen-bond donors (Lipinski definition) is 2. The van der Waals surface area contributed by atoms with Crippen LogP contribution in [0, 0.1) is 5.82 Å². The quantitative estimate of drug-likeness (QED) is 0.640. The predicted octanol–water partition coefficient (Wildman–Crippen LogP) is 2.97. The number of carboxylic acid groups (broad SMARTS) is 1. The molecule has 1 saturated heterocycles. The number of nitrogens with two attached hydrogens (primary N) is 1. The Bertz CT molecular complexity index is 1090. The molecule has 30 heavy (non-hydrogen) atoms. The van der Waals surface area contributed by atoms with E-state index in [9.17, 15) is 14.3 Å². The second-order valence-electron chi connectivity index (χ2n) is 8.45.